The summed E-state index contributed by atoms with van der Waals surface area (Å²) in [4.78, 5) is 0. The summed E-state index contributed by atoms with van der Waals surface area (Å²) in [5.41, 5.74) is 8.07. The first kappa shape index (κ1) is 24.1. The molecular weight excluding hydrogens is 411 g/mol. The molecule has 0 bridgehead atoms. The number of fused-ring (bicyclic) bond motifs is 2. The van der Waals surface area contributed by atoms with Crippen molar-refractivity contribution in [1.82, 2.24) is 0 Å². The first-order chi connectivity index (χ1) is 13.3. The second-order valence-corrected chi connectivity index (χ2v) is 8.89. The van der Waals surface area contributed by atoms with Crippen LogP contribution in [0.5, 0.6) is 0 Å². The van der Waals surface area contributed by atoms with E-state index in [9.17, 15) is 0 Å². The molecule has 2 aliphatic rings. The molecule has 0 N–H and O–H groups in total. The quantitative estimate of drug-likeness (QED) is 0.449. The minimum Gasteiger partial charge on any atom is -1.00 e. The first-order valence-electron chi connectivity index (χ1n) is 10.0. The van der Waals surface area contributed by atoms with Gasteiger partial charge in [-0.2, -0.15) is 9.15 Å². The summed E-state index contributed by atoms with van der Waals surface area (Å²) in [7, 11) is 4.33. The standard InChI is InChI=1S/C26H30N2.2ClH/c1-25(2)19-13-7-9-15-21(19)27(5)23(25)17-11-12-18-24-26(3,4)20-14-8-10-16-22(20)28(24)6;;/h7-18H,1-6H3;2*1H/q+2;;/p-2/b17-11-,18-12+;;. The number of benzene rings is 2. The topological polar surface area (TPSA) is 6.02 Å². The summed E-state index contributed by atoms with van der Waals surface area (Å²) in [5, 5.41) is 0. The van der Waals surface area contributed by atoms with Crippen molar-refractivity contribution >= 4 is 22.8 Å². The molecule has 4 rings (SSSR count). The van der Waals surface area contributed by atoms with Crippen LogP contribution in [0, 0.1) is 0 Å². The van der Waals surface area contributed by atoms with E-state index in [1.54, 1.807) is 0 Å². The van der Waals surface area contributed by atoms with Crippen molar-refractivity contribution < 1.29 is 34.0 Å². The Morgan fingerprint density at radius 3 is 1.27 bits per heavy atom. The van der Waals surface area contributed by atoms with Crippen LogP contribution in [-0.4, -0.2) is 34.7 Å². The molecule has 30 heavy (non-hydrogen) atoms. The van der Waals surface area contributed by atoms with Gasteiger partial charge in [0.2, 0.25) is 11.4 Å². The second-order valence-electron chi connectivity index (χ2n) is 8.89. The van der Waals surface area contributed by atoms with Crippen molar-refractivity contribution in [3.8, 4) is 0 Å². The third-order valence-corrected chi connectivity index (χ3v) is 6.50. The molecular formula is C26H30Cl2N2. The van der Waals surface area contributed by atoms with Crippen molar-refractivity contribution in [3.05, 3.63) is 84.0 Å². The number of halogens is 2. The molecule has 0 saturated heterocycles. The van der Waals surface area contributed by atoms with Crippen molar-refractivity contribution in [2.75, 3.05) is 14.1 Å². The van der Waals surface area contributed by atoms with Gasteiger partial charge in [-0.25, -0.2) is 0 Å². The summed E-state index contributed by atoms with van der Waals surface area (Å²) in [5.74, 6) is 0. The summed E-state index contributed by atoms with van der Waals surface area (Å²) in [6.45, 7) is 9.21. The molecule has 0 aromatic heterocycles. The van der Waals surface area contributed by atoms with Crippen molar-refractivity contribution in [2.24, 2.45) is 0 Å². The lowest BCUT2D eigenvalue weighted by atomic mass is 9.81. The molecule has 2 aromatic carbocycles. The molecule has 0 saturated carbocycles. The number of hydrogen-bond acceptors (Lipinski definition) is 0. The van der Waals surface area contributed by atoms with Crippen LogP contribution in [0.2, 0.25) is 0 Å². The van der Waals surface area contributed by atoms with Crippen molar-refractivity contribution in [1.29, 1.82) is 0 Å². The van der Waals surface area contributed by atoms with Crippen LogP contribution < -0.4 is 24.8 Å². The molecule has 0 spiro atoms. The SMILES string of the molecule is C[N+]1=C(/C=C\C=C\C2=[N+](C)c3ccccc3C2(C)C)C(C)(C)c2ccccc21.[Cl-].[Cl-]. The number of rotatable bonds is 3. The molecule has 0 aliphatic carbocycles. The van der Waals surface area contributed by atoms with E-state index in [2.05, 4.69) is 124 Å². The Kier molecular flexibility index (Phi) is 6.85. The van der Waals surface area contributed by atoms with Crippen LogP contribution in [0.1, 0.15) is 38.8 Å². The van der Waals surface area contributed by atoms with E-state index in [1.807, 2.05) is 0 Å². The highest BCUT2D eigenvalue weighted by Gasteiger charge is 2.43. The largest absolute Gasteiger partial charge is 1.00 e. The summed E-state index contributed by atoms with van der Waals surface area (Å²) < 4.78 is 4.63. The van der Waals surface area contributed by atoms with Gasteiger partial charge in [-0.15, -0.1) is 0 Å². The molecule has 0 radical (unpaired) electrons. The summed E-state index contributed by atoms with van der Waals surface area (Å²) >= 11 is 0. The maximum absolute atomic E-state index is 2.31. The van der Waals surface area contributed by atoms with Gasteiger partial charge in [0.05, 0.1) is 10.8 Å². The van der Waals surface area contributed by atoms with E-state index >= 15 is 0 Å². The molecule has 0 amide bonds. The smallest absolute Gasteiger partial charge is 0.209 e. The normalized spacial score (nSPS) is 18.5. The van der Waals surface area contributed by atoms with Crippen LogP contribution in [0.25, 0.3) is 0 Å². The van der Waals surface area contributed by atoms with Crippen molar-refractivity contribution in [2.45, 2.75) is 38.5 Å². The minimum absolute atomic E-state index is 0. The van der Waals surface area contributed by atoms with Gasteiger partial charge in [0.25, 0.3) is 0 Å². The molecule has 2 nitrogen and oxygen atoms in total. The van der Waals surface area contributed by atoms with Crippen LogP contribution in [0.15, 0.2) is 72.8 Å². The Balaban J connectivity index is 0.00000160. The fourth-order valence-electron chi connectivity index (χ4n) is 4.90. The zero-order valence-corrected chi connectivity index (χ0v) is 20.1. The maximum atomic E-state index is 2.31. The summed E-state index contributed by atoms with van der Waals surface area (Å²) in [6, 6.07) is 17.4. The van der Waals surface area contributed by atoms with E-state index in [0.29, 0.717) is 0 Å². The average Bonchev–Trinajstić information content (AvgIpc) is 2.99. The van der Waals surface area contributed by atoms with Gasteiger partial charge in [-0.05, 0) is 27.7 Å². The van der Waals surface area contributed by atoms with Gasteiger partial charge < -0.3 is 24.8 Å². The van der Waals surface area contributed by atoms with Gasteiger partial charge in [0, 0.05) is 35.4 Å². The lowest BCUT2D eigenvalue weighted by molar-refractivity contribution is -0.401. The Bertz CT molecular complexity index is 998. The van der Waals surface area contributed by atoms with Gasteiger partial charge in [0.1, 0.15) is 14.1 Å². The molecule has 0 fully saturated rings. The molecule has 0 unspecified atom stereocenters. The number of hydrogen-bond donors (Lipinski definition) is 0. The second kappa shape index (κ2) is 8.53. The van der Waals surface area contributed by atoms with Crippen LogP contribution in [-0.2, 0) is 10.8 Å². The fraction of sp³-hybridized carbons (Fsp3) is 0.308. The highest BCUT2D eigenvalue weighted by Crippen LogP contribution is 2.40. The third-order valence-electron chi connectivity index (χ3n) is 6.50. The van der Waals surface area contributed by atoms with E-state index in [-0.39, 0.29) is 35.6 Å². The molecule has 0 atom stereocenters. The minimum atomic E-state index is 0. The van der Waals surface area contributed by atoms with Crippen LogP contribution >= 0.6 is 0 Å². The van der Waals surface area contributed by atoms with Gasteiger partial charge in [-0.1, -0.05) is 48.6 Å². The van der Waals surface area contributed by atoms with E-state index in [4.69, 9.17) is 0 Å². The molecule has 158 valence electrons. The van der Waals surface area contributed by atoms with E-state index in [0.717, 1.165) is 0 Å². The highest BCUT2D eigenvalue weighted by molar-refractivity contribution is 6.04. The van der Waals surface area contributed by atoms with Crippen LogP contribution in [0.3, 0.4) is 0 Å². The van der Waals surface area contributed by atoms with Gasteiger partial charge >= 0.3 is 0 Å². The predicted octanol–water partition coefficient (Wildman–Crippen LogP) is -0.481. The number of nitrogens with zero attached hydrogens (tertiary/aromatic N) is 2. The molecule has 2 aromatic rings. The average molecular weight is 441 g/mol. The highest BCUT2D eigenvalue weighted by atomic mass is 35.5. The van der Waals surface area contributed by atoms with Crippen LogP contribution in [0.4, 0.5) is 11.4 Å². The van der Waals surface area contributed by atoms with E-state index in [1.165, 1.54) is 33.9 Å². The molecule has 2 aliphatic heterocycles. The Morgan fingerprint density at radius 2 is 0.933 bits per heavy atom. The maximum Gasteiger partial charge on any atom is 0.209 e. The van der Waals surface area contributed by atoms with Gasteiger partial charge in [-0.3, -0.25) is 0 Å². The molecule has 2 heterocycles. The van der Waals surface area contributed by atoms with E-state index < -0.39 is 0 Å². The van der Waals surface area contributed by atoms with Gasteiger partial charge in [0.15, 0.2) is 11.4 Å². The van der Waals surface area contributed by atoms with Crippen molar-refractivity contribution in [3.63, 3.8) is 0 Å². The molecule has 4 heteroatoms. The zero-order chi connectivity index (χ0) is 20.1. The summed E-state index contributed by atoms with van der Waals surface area (Å²) in [6.07, 6.45) is 8.87. The first-order valence-corrected chi connectivity index (χ1v) is 10.0. The lowest BCUT2D eigenvalue weighted by Gasteiger charge is -2.15. The Hall–Kier alpha value is -2.16. The third kappa shape index (κ3) is 3.57. The lowest BCUT2D eigenvalue weighted by Crippen LogP contribution is -3.00. The predicted molar refractivity (Wildman–Crippen MR) is 119 cm³/mol. The Labute approximate surface area is 193 Å². The zero-order valence-electron chi connectivity index (χ0n) is 18.6. The Morgan fingerprint density at radius 1 is 0.600 bits per heavy atom. The monoisotopic (exact) mass is 440 g/mol. The number of allylic oxidation sites excluding steroid dienone is 4. The number of para-hydroxylation sites is 2. The fourth-order valence-corrected chi connectivity index (χ4v) is 4.90.